The van der Waals surface area contributed by atoms with Gasteiger partial charge in [-0.05, 0) is 31.0 Å². The van der Waals surface area contributed by atoms with Crippen LogP contribution < -0.4 is 10.1 Å². The van der Waals surface area contributed by atoms with Gasteiger partial charge in [-0.2, -0.15) is 0 Å². The van der Waals surface area contributed by atoms with E-state index in [0.29, 0.717) is 24.6 Å². The second-order valence-electron chi connectivity index (χ2n) is 5.72. The molecule has 1 N–H and O–H groups in total. The Kier molecular flexibility index (Phi) is 5.80. The Morgan fingerprint density at radius 3 is 2.80 bits per heavy atom. The van der Waals surface area contributed by atoms with Crippen molar-refractivity contribution in [1.82, 2.24) is 4.98 Å². The monoisotopic (exact) mass is 352 g/mol. The molecule has 3 rings (SSSR count). The molecule has 0 bridgehead atoms. The number of thiazole rings is 1. The summed E-state index contributed by atoms with van der Waals surface area (Å²) in [6.07, 6.45) is 1.07. The van der Waals surface area contributed by atoms with E-state index in [1.54, 1.807) is 0 Å². The number of amides is 1. The van der Waals surface area contributed by atoms with Crippen LogP contribution in [0.3, 0.4) is 0 Å². The molecule has 5 heteroatoms. The number of ether oxygens (including phenoxy) is 1. The van der Waals surface area contributed by atoms with Gasteiger partial charge in [0, 0.05) is 17.4 Å². The Hall–Kier alpha value is -2.66. The van der Waals surface area contributed by atoms with Gasteiger partial charge in [-0.3, -0.25) is 4.79 Å². The van der Waals surface area contributed by atoms with Crippen LogP contribution in [0, 0.1) is 6.92 Å². The van der Waals surface area contributed by atoms with Crippen molar-refractivity contribution in [2.45, 2.75) is 19.8 Å². The number of carbonyl (C=O) groups is 1. The summed E-state index contributed by atoms with van der Waals surface area (Å²) in [6.45, 7) is 2.54. The largest absolute Gasteiger partial charge is 0.494 e. The van der Waals surface area contributed by atoms with Crippen LogP contribution in [0.25, 0.3) is 11.3 Å². The average molecular weight is 352 g/mol. The highest BCUT2D eigenvalue weighted by molar-refractivity contribution is 7.14. The predicted octanol–water partition coefficient (Wildman–Crippen LogP) is 4.92. The fraction of sp³-hybridized carbons (Fsp3) is 0.200. The van der Waals surface area contributed by atoms with Gasteiger partial charge in [-0.25, -0.2) is 4.98 Å². The van der Waals surface area contributed by atoms with Gasteiger partial charge in [0.15, 0.2) is 5.13 Å². The van der Waals surface area contributed by atoms with Gasteiger partial charge >= 0.3 is 0 Å². The van der Waals surface area contributed by atoms with E-state index in [1.807, 2.05) is 66.9 Å². The number of carbonyl (C=O) groups excluding carboxylic acids is 1. The van der Waals surface area contributed by atoms with Crippen LogP contribution in [0.5, 0.6) is 5.75 Å². The fourth-order valence-electron chi connectivity index (χ4n) is 2.38. The number of aromatic nitrogens is 1. The Bertz CT molecular complexity index is 830. The molecule has 1 aromatic heterocycles. The van der Waals surface area contributed by atoms with E-state index in [-0.39, 0.29) is 5.91 Å². The first-order valence-electron chi connectivity index (χ1n) is 8.21. The number of hydrogen-bond acceptors (Lipinski definition) is 4. The number of hydrogen-bond donors (Lipinski definition) is 1. The summed E-state index contributed by atoms with van der Waals surface area (Å²) in [5.41, 5.74) is 3.09. The summed E-state index contributed by atoms with van der Waals surface area (Å²) in [5.74, 6) is 0.801. The van der Waals surface area contributed by atoms with Crippen LogP contribution in [0.4, 0.5) is 5.13 Å². The number of benzene rings is 2. The van der Waals surface area contributed by atoms with Gasteiger partial charge in [0.05, 0.1) is 12.3 Å². The highest BCUT2D eigenvalue weighted by Gasteiger charge is 2.08. The van der Waals surface area contributed by atoms with Gasteiger partial charge < -0.3 is 10.1 Å². The molecule has 0 saturated carbocycles. The highest BCUT2D eigenvalue weighted by atomic mass is 32.1. The van der Waals surface area contributed by atoms with Crippen molar-refractivity contribution in [2.75, 3.05) is 11.9 Å². The van der Waals surface area contributed by atoms with Crippen LogP contribution >= 0.6 is 11.3 Å². The number of anilines is 1. The molecule has 0 unspecified atom stereocenters. The third kappa shape index (κ3) is 5.16. The lowest BCUT2D eigenvalue weighted by atomic mass is 10.2. The summed E-state index contributed by atoms with van der Waals surface area (Å²) in [6, 6.07) is 17.8. The Labute approximate surface area is 151 Å². The minimum atomic E-state index is -0.0400. The van der Waals surface area contributed by atoms with Crippen LogP contribution in [0.2, 0.25) is 0 Å². The Morgan fingerprint density at radius 1 is 1.16 bits per heavy atom. The summed E-state index contributed by atoms with van der Waals surface area (Å²) in [7, 11) is 0. The van der Waals surface area contributed by atoms with Crippen molar-refractivity contribution in [1.29, 1.82) is 0 Å². The number of rotatable bonds is 7. The number of nitrogens with zero attached hydrogens (tertiary/aromatic N) is 1. The molecule has 128 valence electrons. The molecule has 0 aliphatic heterocycles. The smallest absolute Gasteiger partial charge is 0.226 e. The Balaban J connectivity index is 1.43. The van der Waals surface area contributed by atoms with Gasteiger partial charge in [0.25, 0.3) is 0 Å². The Morgan fingerprint density at radius 2 is 2.00 bits per heavy atom. The normalized spacial score (nSPS) is 10.4. The van der Waals surface area contributed by atoms with Gasteiger partial charge in [-0.1, -0.05) is 42.5 Å². The molecule has 0 aliphatic carbocycles. The topological polar surface area (TPSA) is 51.2 Å². The molecular formula is C20H20N2O2S. The van der Waals surface area contributed by atoms with E-state index in [9.17, 15) is 4.79 Å². The van der Waals surface area contributed by atoms with Crippen molar-refractivity contribution in [3.8, 4) is 17.0 Å². The van der Waals surface area contributed by atoms with Gasteiger partial charge in [0.2, 0.25) is 5.91 Å². The summed E-state index contributed by atoms with van der Waals surface area (Å²) < 4.78 is 5.66. The molecule has 1 heterocycles. The zero-order valence-electron chi connectivity index (χ0n) is 14.1. The highest BCUT2D eigenvalue weighted by Crippen LogP contribution is 2.24. The van der Waals surface area contributed by atoms with Gasteiger partial charge in [0.1, 0.15) is 5.75 Å². The molecule has 0 atom stereocenters. The van der Waals surface area contributed by atoms with E-state index in [4.69, 9.17) is 4.74 Å². The summed E-state index contributed by atoms with van der Waals surface area (Å²) >= 11 is 1.44. The summed E-state index contributed by atoms with van der Waals surface area (Å²) in [5, 5.41) is 5.43. The molecular weight excluding hydrogens is 332 g/mol. The molecule has 3 aromatic rings. The zero-order valence-corrected chi connectivity index (χ0v) is 14.9. The van der Waals surface area contributed by atoms with E-state index in [2.05, 4.69) is 10.3 Å². The van der Waals surface area contributed by atoms with Crippen molar-refractivity contribution in [3.05, 3.63) is 65.5 Å². The molecule has 2 aromatic carbocycles. The molecule has 0 spiro atoms. The molecule has 0 fully saturated rings. The third-order valence-electron chi connectivity index (χ3n) is 3.63. The quantitative estimate of drug-likeness (QED) is 0.614. The number of nitrogens with one attached hydrogen (secondary N) is 1. The minimum absolute atomic E-state index is 0.0400. The fourth-order valence-corrected chi connectivity index (χ4v) is 3.12. The van der Waals surface area contributed by atoms with Crippen molar-refractivity contribution >= 4 is 22.4 Å². The van der Waals surface area contributed by atoms with Gasteiger partial charge in [-0.15, -0.1) is 11.3 Å². The van der Waals surface area contributed by atoms with E-state index < -0.39 is 0 Å². The first-order valence-corrected chi connectivity index (χ1v) is 9.09. The first-order chi connectivity index (χ1) is 12.2. The van der Waals surface area contributed by atoms with E-state index in [0.717, 1.165) is 22.6 Å². The summed E-state index contributed by atoms with van der Waals surface area (Å²) in [4.78, 5) is 16.5. The lowest BCUT2D eigenvalue weighted by Crippen LogP contribution is -2.12. The van der Waals surface area contributed by atoms with Crippen molar-refractivity contribution in [2.24, 2.45) is 0 Å². The maximum atomic E-state index is 12.0. The van der Waals surface area contributed by atoms with Crippen LogP contribution in [-0.4, -0.2) is 17.5 Å². The van der Waals surface area contributed by atoms with Crippen LogP contribution in [0.15, 0.2) is 60.0 Å². The second-order valence-corrected chi connectivity index (χ2v) is 6.58. The van der Waals surface area contributed by atoms with Crippen molar-refractivity contribution in [3.63, 3.8) is 0 Å². The zero-order chi connectivity index (χ0) is 17.5. The molecule has 1 amide bonds. The van der Waals surface area contributed by atoms with E-state index in [1.165, 1.54) is 11.3 Å². The molecule has 4 nitrogen and oxygen atoms in total. The van der Waals surface area contributed by atoms with E-state index >= 15 is 0 Å². The van der Waals surface area contributed by atoms with Crippen LogP contribution in [0.1, 0.15) is 18.4 Å². The maximum absolute atomic E-state index is 12.0. The van der Waals surface area contributed by atoms with Crippen LogP contribution in [-0.2, 0) is 4.79 Å². The second kappa shape index (κ2) is 8.44. The lowest BCUT2D eigenvalue weighted by Gasteiger charge is -2.06. The third-order valence-corrected chi connectivity index (χ3v) is 4.38. The lowest BCUT2D eigenvalue weighted by molar-refractivity contribution is -0.116. The predicted molar refractivity (Wildman–Crippen MR) is 102 cm³/mol. The molecule has 0 aliphatic rings. The molecule has 0 saturated heterocycles. The minimum Gasteiger partial charge on any atom is -0.494 e. The molecule has 0 radical (unpaired) electrons. The first kappa shape index (κ1) is 17.2. The SMILES string of the molecule is Cc1cccc(OCCCC(=O)Nc2nc(-c3ccccc3)cs2)c1. The standard InChI is InChI=1S/C20H20N2O2S/c1-15-7-5-10-17(13-15)24-12-6-11-19(23)22-20-21-18(14-25-20)16-8-3-2-4-9-16/h2-5,7-10,13-14H,6,11-12H2,1H3,(H,21,22,23). The maximum Gasteiger partial charge on any atom is 0.226 e. The van der Waals surface area contributed by atoms with Crippen molar-refractivity contribution < 1.29 is 9.53 Å². The molecule has 25 heavy (non-hydrogen) atoms. The number of aryl methyl sites for hydroxylation is 1. The average Bonchev–Trinajstić information content (AvgIpc) is 3.08.